The van der Waals surface area contributed by atoms with E-state index in [1.165, 1.54) is 17.1 Å². The number of nitrogens with two attached hydrogens (primary N) is 2. The second-order valence-electron chi connectivity index (χ2n) is 9.33. The van der Waals surface area contributed by atoms with Crippen LogP contribution in [0, 0.1) is 12.3 Å². The van der Waals surface area contributed by atoms with E-state index in [4.69, 9.17) is 21.1 Å². The van der Waals surface area contributed by atoms with Crippen LogP contribution in [0.1, 0.15) is 23.1 Å². The topological polar surface area (TPSA) is 204 Å². The fourth-order valence-electron chi connectivity index (χ4n) is 4.45. The molecule has 0 saturated heterocycles. The van der Waals surface area contributed by atoms with Crippen molar-refractivity contribution in [3.63, 3.8) is 0 Å². The Morgan fingerprint density at radius 1 is 1.12 bits per heavy atom. The Kier molecular flexibility index (Phi) is 6.87. The van der Waals surface area contributed by atoms with Gasteiger partial charge in [0.1, 0.15) is 12.2 Å². The number of aromatic nitrogens is 4. The molecule has 2 heterocycles. The van der Waals surface area contributed by atoms with Crippen molar-refractivity contribution in [3.05, 3.63) is 89.7 Å². The molecule has 40 heavy (non-hydrogen) atoms. The van der Waals surface area contributed by atoms with Crippen molar-refractivity contribution < 1.29 is 18.0 Å². The Balaban J connectivity index is 1.43. The van der Waals surface area contributed by atoms with E-state index in [0.717, 1.165) is 0 Å². The fraction of sp³-hybridized carbons (Fsp3) is 0.154. The SMILES string of the molecule is Cc1cc(-c2ccccc2S(N)(=O)=O)ccc1NC(=O)C1(Cn2cnnn2)CC(c2cccc(C(=N)N)c2)=NO1. The molecule has 1 amide bonds. The molecule has 1 unspecified atom stereocenters. The molecule has 3 aromatic carbocycles. The van der Waals surface area contributed by atoms with Gasteiger partial charge in [0.15, 0.2) is 0 Å². The summed E-state index contributed by atoms with van der Waals surface area (Å²) >= 11 is 0. The number of anilines is 1. The van der Waals surface area contributed by atoms with Gasteiger partial charge in [-0.3, -0.25) is 10.2 Å². The van der Waals surface area contributed by atoms with E-state index >= 15 is 0 Å². The molecule has 0 bridgehead atoms. The second kappa shape index (κ2) is 10.3. The van der Waals surface area contributed by atoms with Gasteiger partial charge in [-0.05, 0) is 52.7 Å². The maximum absolute atomic E-state index is 13.8. The van der Waals surface area contributed by atoms with Crippen LogP contribution in [0.15, 0.2) is 83.1 Å². The molecule has 0 saturated carbocycles. The van der Waals surface area contributed by atoms with Gasteiger partial charge in [-0.2, -0.15) is 0 Å². The molecule has 0 radical (unpaired) electrons. The number of carbonyl (C=O) groups is 1. The number of tetrazole rings is 1. The van der Waals surface area contributed by atoms with Gasteiger partial charge in [0, 0.05) is 28.8 Å². The summed E-state index contributed by atoms with van der Waals surface area (Å²) in [6.45, 7) is 1.77. The van der Waals surface area contributed by atoms with E-state index in [2.05, 4.69) is 26.0 Å². The Hall–Kier alpha value is -4.95. The molecule has 1 atom stereocenters. The number of benzene rings is 3. The lowest BCUT2D eigenvalue weighted by Crippen LogP contribution is -2.47. The summed E-state index contributed by atoms with van der Waals surface area (Å²) in [6.07, 6.45) is 1.47. The number of sulfonamides is 1. The molecule has 6 N–H and O–H groups in total. The number of primary sulfonamides is 1. The zero-order chi connectivity index (χ0) is 28.5. The van der Waals surface area contributed by atoms with Gasteiger partial charge in [0.2, 0.25) is 15.6 Å². The number of carbonyl (C=O) groups excluding carboxylic acids is 1. The molecule has 1 aliphatic rings. The van der Waals surface area contributed by atoms with Gasteiger partial charge >= 0.3 is 0 Å². The highest BCUT2D eigenvalue weighted by molar-refractivity contribution is 7.89. The van der Waals surface area contributed by atoms with E-state index < -0.39 is 21.5 Å². The van der Waals surface area contributed by atoms with Crippen LogP contribution in [0.3, 0.4) is 0 Å². The standard InChI is InChI=1S/C26H25N9O4S/c1-16-11-17(20-7-2-3-8-23(20)40(29,37)38)9-10-21(16)31-25(36)26(14-35-15-30-33-34-35)13-22(32-39-26)18-5-4-6-19(12-18)24(27)28/h2-12,15H,13-14H2,1H3,(H3,27,28)(H,31,36)(H2,29,37,38). The Labute approximate surface area is 229 Å². The maximum Gasteiger partial charge on any atom is 0.273 e. The van der Waals surface area contributed by atoms with Gasteiger partial charge in [-0.25, -0.2) is 18.2 Å². The Morgan fingerprint density at radius 2 is 1.93 bits per heavy atom. The monoisotopic (exact) mass is 559 g/mol. The number of hydrogen-bond acceptors (Lipinski definition) is 9. The van der Waals surface area contributed by atoms with Crippen LogP contribution < -0.4 is 16.2 Å². The van der Waals surface area contributed by atoms with Gasteiger partial charge in [-0.15, -0.1) is 5.10 Å². The summed E-state index contributed by atoms with van der Waals surface area (Å²) in [5.74, 6) is -0.574. The highest BCUT2D eigenvalue weighted by Gasteiger charge is 2.48. The van der Waals surface area contributed by atoms with Gasteiger partial charge in [0.05, 0.1) is 17.2 Å². The number of hydrogen-bond donors (Lipinski definition) is 4. The molecule has 1 aromatic heterocycles. The van der Waals surface area contributed by atoms with Gasteiger partial charge in [0.25, 0.3) is 5.91 Å². The summed E-state index contributed by atoms with van der Waals surface area (Å²) in [6, 6.07) is 18.5. The van der Waals surface area contributed by atoms with Gasteiger partial charge in [-0.1, -0.05) is 47.6 Å². The van der Waals surface area contributed by atoms with Crippen LogP contribution in [0.2, 0.25) is 0 Å². The zero-order valence-corrected chi connectivity index (χ0v) is 22.1. The van der Waals surface area contributed by atoms with Crippen molar-refractivity contribution in [3.8, 4) is 11.1 Å². The molecule has 1 aliphatic heterocycles. The zero-order valence-electron chi connectivity index (χ0n) is 21.3. The molecule has 0 spiro atoms. The Morgan fingerprint density at radius 3 is 2.62 bits per heavy atom. The molecule has 0 fully saturated rings. The quantitative estimate of drug-likeness (QED) is 0.184. The number of amides is 1. The van der Waals surface area contributed by atoms with Crippen LogP contribution in [0.5, 0.6) is 0 Å². The van der Waals surface area contributed by atoms with E-state index in [0.29, 0.717) is 39.2 Å². The second-order valence-corrected chi connectivity index (χ2v) is 10.9. The third-order valence-electron chi connectivity index (χ3n) is 6.49. The number of nitrogen functional groups attached to an aromatic ring is 1. The van der Waals surface area contributed by atoms with Crippen molar-refractivity contribution in [2.45, 2.75) is 30.4 Å². The summed E-state index contributed by atoms with van der Waals surface area (Å²) in [7, 11) is -3.94. The molecule has 4 aromatic rings. The fourth-order valence-corrected chi connectivity index (χ4v) is 5.21. The summed E-state index contributed by atoms with van der Waals surface area (Å²) in [5.41, 5.74) is 8.08. The predicted molar refractivity (Wildman–Crippen MR) is 147 cm³/mol. The van der Waals surface area contributed by atoms with E-state index in [1.54, 1.807) is 67.6 Å². The maximum atomic E-state index is 13.8. The number of amidine groups is 1. The summed E-state index contributed by atoms with van der Waals surface area (Å²) < 4.78 is 25.5. The molecule has 13 nitrogen and oxygen atoms in total. The minimum Gasteiger partial charge on any atom is -0.384 e. The molecular weight excluding hydrogens is 534 g/mol. The summed E-state index contributed by atoms with van der Waals surface area (Å²) in [4.78, 5) is 19.6. The average Bonchev–Trinajstić information content (AvgIpc) is 3.60. The third kappa shape index (κ3) is 5.30. The number of nitrogens with one attached hydrogen (secondary N) is 2. The minimum atomic E-state index is -3.94. The number of nitrogens with zero attached hydrogens (tertiary/aromatic N) is 5. The van der Waals surface area contributed by atoms with Crippen LogP contribution in [0.25, 0.3) is 11.1 Å². The number of aryl methyl sites for hydroxylation is 1. The van der Waals surface area contributed by atoms with Crippen molar-refractivity contribution in [1.82, 2.24) is 20.2 Å². The van der Waals surface area contributed by atoms with E-state index in [9.17, 15) is 13.2 Å². The van der Waals surface area contributed by atoms with Crippen LogP contribution in [0.4, 0.5) is 5.69 Å². The lowest BCUT2D eigenvalue weighted by Gasteiger charge is -2.25. The first-order chi connectivity index (χ1) is 19.1. The first-order valence-corrected chi connectivity index (χ1v) is 13.6. The van der Waals surface area contributed by atoms with Crippen LogP contribution in [-0.2, 0) is 26.2 Å². The van der Waals surface area contributed by atoms with Crippen molar-refractivity contribution in [2.75, 3.05) is 5.32 Å². The minimum absolute atomic E-state index is 0.00413. The number of oxime groups is 1. The van der Waals surface area contributed by atoms with Crippen molar-refractivity contribution in [1.29, 1.82) is 5.41 Å². The highest BCUT2D eigenvalue weighted by atomic mass is 32.2. The van der Waals surface area contributed by atoms with Crippen molar-refractivity contribution in [2.24, 2.45) is 16.0 Å². The molecule has 0 aliphatic carbocycles. The van der Waals surface area contributed by atoms with Crippen LogP contribution in [-0.4, -0.2) is 51.7 Å². The van der Waals surface area contributed by atoms with Gasteiger partial charge < -0.3 is 15.9 Å². The summed E-state index contributed by atoms with van der Waals surface area (Å²) in [5, 5.41) is 31.4. The average molecular weight is 560 g/mol. The number of rotatable bonds is 8. The smallest absolute Gasteiger partial charge is 0.273 e. The molecule has 204 valence electrons. The first kappa shape index (κ1) is 26.6. The highest BCUT2D eigenvalue weighted by Crippen LogP contribution is 2.33. The molecule has 5 rings (SSSR count). The van der Waals surface area contributed by atoms with Crippen molar-refractivity contribution >= 4 is 33.2 Å². The van der Waals surface area contributed by atoms with E-state index in [1.807, 2.05) is 0 Å². The normalized spacial score (nSPS) is 16.7. The van der Waals surface area contributed by atoms with E-state index in [-0.39, 0.29) is 23.7 Å². The molecule has 14 heteroatoms. The molecular formula is C26H25N9O4S. The Bertz CT molecular complexity index is 1750. The lowest BCUT2D eigenvalue weighted by molar-refractivity contribution is -0.140. The first-order valence-electron chi connectivity index (χ1n) is 12.0. The largest absolute Gasteiger partial charge is 0.384 e. The predicted octanol–water partition coefficient (Wildman–Crippen LogP) is 1.78. The van der Waals surface area contributed by atoms with Crippen LogP contribution >= 0.6 is 0 Å². The third-order valence-corrected chi connectivity index (χ3v) is 7.46. The lowest BCUT2D eigenvalue weighted by atomic mass is 9.92.